The Hall–Kier alpha value is -1.56. The van der Waals surface area contributed by atoms with Crippen LogP contribution < -0.4 is 0 Å². The van der Waals surface area contributed by atoms with Crippen molar-refractivity contribution < 1.29 is 18.0 Å². The maximum absolute atomic E-state index is 13.7. The molecule has 2 rings (SSSR count). The summed E-state index contributed by atoms with van der Waals surface area (Å²) in [5.41, 5.74) is 0.230. The quantitative estimate of drug-likeness (QED) is 0.736. The van der Waals surface area contributed by atoms with E-state index in [1.807, 2.05) is 0 Å². The summed E-state index contributed by atoms with van der Waals surface area (Å²) in [4.78, 5) is 13.5. The first-order valence-corrected chi connectivity index (χ1v) is 7.47. The summed E-state index contributed by atoms with van der Waals surface area (Å²) in [6.07, 6.45) is -2.61. The van der Waals surface area contributed by atoms with E-state index < -0.39 is 24.7 Å². The summed E-state index contributed by atoms with van der Waals surface area (Å²) in [5.74, 6) is -0.964. The molecule has 0 aliphatic carbocycles. The minimum atomic E-state index is -2.61. The van der Waals surface area contributed by atoms with E-state index in [9.17, 15) is 18.0 Å². The Bertz CT molecular complexity index is 648. The van der Waals surface area contributed by atoms with Crippen molar-refractivity contribution in [3.05, 3.63) is 47.8 Å². The maximum atomic E-state index is 13.7. The molecule has 0 radical (unpaired) electrons. The Morgan fingerprint density at radius 3 is 2.43 bits per heavy atom. The smallest absolute Gasteiger partial charge is 0.255 e. The number of fused-ring (bicyclic) bond motifs is 1. The normalized spacial score (nSPS) is 11.1. The summed E-state index contributed by atoms with van der Waals surface area (Å²) >= 11 is 3.14. The van der Waals surface area contributed by atoms with Crippen LogP contribution in [0.2, 0.25) is 0 Å². The Morgan fingerprint density at radius 2 is 1.81 bits per heavy atom. The standard InChI is InChI=1S/C15H13BrF3NO/c16-7-8-20(9-14(18)19)15(21)12-5-6-13(17)11-4-2-1-3-10(11)12/h1-6,14H,7-9H2. The van der Waals surface area contributed by atoms with Gasteiger partial charge >= 0.3 is 0 Å². The largest absolute Gasteiger partial charge is 0.332 e. The lowest BCUT2D eigenvalue weighted by atomic mass is 10.0. The predicted octanol–water partition coefficient (Wildman–Crippen LogP) is 4.08. The summed E-state index contributed by atoms with van der Waals surface area (Å²) in [5, 5.41) is 1.13. The zero-order valence-electron chi connectivity index (χ0n) is 11.0. The predicted molar refractivity (Wildman–Crippen MR) is 79.6 cm³/mol. The maximum Gasteiger partial charge on any atom is 0.255 e. The van der Waals surface area contributed by atoms with Crippen molar-refractivity contribution in [2.75, 3.05) is 18.4 Å². The average Bonchev–Trinajstić information content (AvgIpc) is 2.46. The summed E-state index contributed by atoms with van der Waals surface area (Å²) in [6, 6.07) is 9.04. The van der Waals surface area contributed by atoms with Gasteiger partial charge in [0, 0.05) is 22.8 Å². The molecule has 2 aromatic rings. The molecule has 0 unspecified atom stereocenters. The lowest BCUT2D eigenvalue weighted by Gasteiger charge is -2.22. The molecule has 2 aromatic carbocycles. The van der Waals surface area contributed by atoms with Crippen LogP contribution in [0.5, 0.6) is 0 Å². The molecule has 2 nitrogen and oxygen atoms in total. The first-order valence-electron chi connectivity index (χ1n) is 6.35. The summed E-state index contributed by atoms with van der Waals surface area (Å²) in [6.45, 7) is -0.481. The molecule has 0 aromatic heterocycles. The van der Waals surface area contributed by atoms with E-state index in [0.29, 0.717) is 16.1 Å². The van der Waals surface area contributed by atoms with Crippen LogP contribution in [0.4, 0.5) is 13.2 Å². The number of carbonyl (C=O) groups is 1. The molecule has 0 heterocycles. The zero-order valence-corrected chi connectivity index (χ0v) is 12.6. The van der Waals surface area contributed by atoms with Crippen LogP contribution in [-0.2, 0) is 0 Å². The zero-order chi connectivity index (χ0) is 15.4. The Kier molecular flexibility index (Phi) is 5.22. The van der Waals surface area contributed by atoms with E-state index in [1.165, 1.54) is 12.1 Å². The third-order valence-electron chi connectivity index (χ3n) is 3.10. The van der Waals surface area contributed by atoms with Crippen LogP contribution >= 0.6 is 15.9 Å². The van der Waals surface area contributed by atoms with Crippen molar-refractivity contribution in [3.63, 3.8) is 0 Å². The minimum absolute atomic E-state index is 0.162. The molecule has 0 saturated heterocycles. The van der Waals surface area contributed by atoms with Gasteiger partial charge < -0.3 is 4.90 Å². The molecule has 0 spiro atoms. The highest BCUT2D eigenvalue weighted by Crippen LogP contribution is 2.23. The fourth-order valence-electron chi connectivity index (χ4n) is 2.16. The number of benzene rings is 2. The SMILES string of the molecule is O=C(c1ccc(F)c2ccccc12)N(CCBr)CC(F)F. The summed E-state index contributed by atoms with van der Waals surface area (Å²) < 4.78 is 38.9. The molecule has 0 N–H and O–H groups in total. The van der Waals surface area contributed by atoms with Crippen molar-refractivity contribution in [1.82, 2.24) is 4.90 Å². The van der Waals surface area contributed by atoms with E-state index >= 15 is 0 Å². The van der Waals surface area contributed by atoms with Gasteiger partial charge in [0.2, 0.25) is 0 Å². The molecular weight excluding hydrogens is 347 g/mol. The van der Waals surface area contributed by atoms with E-state index in [1.54, 1.807) is 24.3 Å². The molecule has 0 aliphatic rings. The first kappa shape index (κ1) is 15.8. The number of alkyl halides is 3. The molecule has 0 saturated carbocycles. The van der Waals surface area contributed by atoms with Crippen molar-refractivity contribution in [2.45, 2.75) is 6.43 Å². The minimum Gasteiger partial charge on any atom is -0.332 e. The van der Waals surface area contributed by atoms with Crippen molar-refractivity contribution in [1.29, 1.82) is 0 Å². The monoisotopic (exact) mass is 359 g/mol. The highest BCUT2D eigenvalue weighted by molar-refractivity contribution is 9.09. The molecule has 0 fully saturated rings. The van der Waals surface area contributed by atoms with Gasteiger partial charge in [-0.15, -0.1) is 0 Å². The van der Waals surface area contributed by atoms with Gasteiger partial charge in [-0.3, -0.25) is 4.79 Å². The van der Waals surface area contributed by atoms with Gasteiger partial charge in [-0.1, -0.05) is 40.2 Å². The number of hydrogen-bond donors (Lipinski definition) is 0. The number of carbonyl (C=O) groups excluding carboxylic acids is 1. The lowest BCUT2D eigenvalue weighted by Crippen LogP contribution is -2.36. The molecular formula is C15H13BrF3NO. The number of nitrogens with zero attached hydrogens (tertiary/aromatic N) is 1. The van der Waals surface area contributed by atoms with E-state index in [-0.39, 0.29) is 12.1 Å². The Morgan fingerprint density at radius 1 is 1.14 bits per heavy atom. The number of amides is 1. The van der Waals surface area contributed by atoms with Crippen molar-refractivity contribution in [3.8, 4) is 0 Å². The van der Waals surface area contributed by atoms with Crippen LogP contribution in [0.25, 0.3) is 10.8 Å². The first-order chi connectivity index (χ1) is 10.0. The van der Waals surface area contributed by atoms with Gasteiger partial charge in [0.05, 0.1) is 6.54 Å². The van der Waals surface area contributed by atoms with Gasteiger partial charge in [0.25, 0.3) is 12.3 Å². The molecule has 6 heteroatoms. The van der Waals surface area contributed by atoms with Gasteiger partial charge in [-0.2, -0.15) is 0 Å². The van der Waals surface area contributed by atoms with Gasteiger partial charge in [-0.05, 0) is 17.5 Å². The topological polar surface area (TPSA) is 20.3 Å². The third kappa shape index (κ3) is 3.56. The Balaban J connectivity index is 2.44. The molecule has 21 heavy (non-hydrogen) atoms. The molecule has 1 amide bonds. The van der Waals surface area contributed by atoms with Crippen LogP contribution in [0.15, 0.2) is 36.4 Å². The average molecular weight is 360 g/mol. The highest BCUT2D eigenvalue weighted by atomic mass is 79.9. The van der Waals surface area contributed by atoms with Crippen molar-refractivity contribution >= 4 is 32.6 Å². The highest BCUT2D eigenvalue weighted by Gasteiger charge is 2.21. The van der Waals surface area contributed by atoms with Gasteiger partial charge in [-0.25, -0.2) is 13.2 Å². The fraction of sp³-hybridized carbons (Fsp3) is 0.267. The third-order valence-corrected chi connectivity index (χ3v) is 3.46. The Labute approximate surface area is 128 Å². The molecule has 0 aliphatic heterocycles. The molecule has 0 atom stereocenters. The van der Waals surface area contributed by atoms with E-state index in [2.05, 4.69) is 15.9 Å². The van der Waals surface area contributed by atoms with Crippen LogP contribution in [0, 0.1) is 5.82 Å². The van der Waals surface area contributed by atoms with Crippen LogP contribution in [0.3, 0.4) is 0 Å². The second kappa shape index (κ2) is 6.93. The number of hydrogen-bond acceptors (Lipinski definition) is 1. The van der Waals surface area contributed by atoms with E-state index in [0.717, 1.165) is 4.90 Å². The molecule has 112 valence electrons. The number of halogens is 4. The second-order valence-electron chi connectivity index (χ2n) is 4.47. The fourth-order valence-corrected chi connectivity index (χ4v) is 2.59. The number of rotatable bonds is 5. The van der Waals surface area contributed by atoms with Crippen molar-refractivity contribution in [2.24, 2.45) is 0 Å². The van der Waals surface area contributed by atoms with Crippen LogP contribution in [0.1, 0.15) is 10.4 Å². The van der Waals surface area contributed by atoms with Gasteiger partial charge in [0.1, 0.15) is 5.82 Å². The summed E-state index contributed by atoms with van der Waals surface area (Å²) in [7, 11) is 0. The van der Waals surface area contributed by atoms with E-state index in [4.69, 9.17) is 0 Å². The molecule has 0 bridgehead atoms. The van der Waals surface area contributed by atoms with Crippen LogP contribution in [-0.4, -0.2) is 35.7 Å². The lowest BCUT2D eigenvalue weighted by molar-refractivity contribution is 0.0574. The van der Waals surface area contributed by atoms with Gasteiger partial charge in [0.15, 0.2) is 0 Å². The second-order valence-corrected chi connectivity index (χ2v) is 5.26.